The minimum atomic E-state index is -0.686. The molecule has 0 saturated carbocycles. The van der Waals surface area contributed by atoms with E-state index in [0.29, 0.717) is 22.4 Å². The van der Waals surface area contributed by atoms with Crippen molar-refractivity contribution in [1.29, 1.82) is 0 Å². The Morgan fingerprint density at radius 1 is 1.24 bits per heavy atom. The normalized spacial score (nSPS) is 14.4. The van der Waals surface area contributed by atoms with Crippen molar-refractivity contribution in [2.75, 3.05) is 7.11 Å². The van der Waals surface area contributed by atoms with Crippen LogP contribution in [0, 0.1) is 17.0 Å². The Labute approximate surface area is 165 Å². The van der Waals surface area contributed by atoms with E-state index in [0.717, 1.165) is 0 Å². The summed E-state index contributed by atoms with van der Waals surface area (Å²) in [7, 11) is 1.42. The van der Waals surface area contributed by atoms with Gasteiger partial charge < -0.3 is 14.2 Å². The summed E-state index contributed by atoms with van der Waals surface area (Å²) in [6.07, 6.45) is 1.47. The molecule has 0 fully saturated rings. The fourth-order valence-corrected chi connectivity index (χ4v) is 2.75. The first kappa shape index (κ1) is 19.7. The number of methoxy groups -OCH3 is 1. The van der Waals surface area contributed by atoms with Gasteiger partial charge in [0.15, 0.2) is 17.2 Å². The summed E-state index contributed by atoms with van der Waals surface area (Å²) >= 11 is 0. The van der Waals surface area contributed by atoms with Crippen molar-refractivity contribution in [2.24, 2.45) is 4.99 Å². The molecule has 1 aliphatic heterocycles. The van der Waals surface area contributed by atoms with Gasteiger partial charge in [0, 0.05) is 24.1 Å². The van der Waals surface area contributed by atoms with Crippen LogP contribution in [-0.4, -0.2) is 29.9 Å². The summed E-state index contributed by atoms with van der Waals surface area (Å²) in [6.45, 7) is 2.83. The minimum Gasteiger partial charge on any atom is -0.493 e. The Morgan fingerprint density at radius 3 is 2.66 bits per heavy atom. The molecule has 9 nitrogen and oxygen atoms in total. The summed E-state index contributed by atoms with van der Waals surface area (Å²) < 4.78 is 15.4. The van der Waals surface area contributed by atoms with Crippen LogP contribution in [0.5, 0.6) is 11.5 Å². The molecule has 3 rings (SSSR count). The molecule has 2 aromatic rings. The number of nitro benzene ring substituents is 1. The molecule has 0 radical (unpaired) electrons. The van der Waals surface area contributed by atoms with E-state index in [-0.39, 0.29) is 23.0 Å². The van der Waals surface area contributed by atoms with E-state index in [1.807, 2.05) is 0 Å². The third kappa shape index (κ3) is 4.13. The molecule has 0 atom stereocenters. The standard InChI is InChI=1S/C20H16N2O7/c1-11-14(5-4-6-16(11)22(25)26)19-21-15(20(24)29-19)9-13-7-8-17(28-12(2)23)18(10-13)27-3/h4-10H,1-3H3/b15-9-. The number of hydrogen-bond donors (Lipinski definition) is 0. The molecule has 1 heterocycles. The number of hydrogen-bond acceptors (Lipinski definition) is 8. The number of nitro groups is 1. The van der Waals surface area contributed by atoms with Crippen LogP contribution in [0.1, 0.15) is 23.6 Å². The lowest BCUT2D eigenvalue weighted by Crippen LogP contribution is -2.08. The number of carbonyl (C=O) groups is 2. The second-order valence-corrected chi connectivity index (χ2v) is 6.05. The Kier molecular flexibility index (Phi) is 5.40. The molecule has 2 aromatic carbocycles. The molecule has 0 N–H and O–H groups in total. The van der Waals surface area contributed by atoms with Gasteiger partial charge in [0.1, 0.15) is 0 Å². The van der Waals surface area contributed by atoms with Crippen molar-refractivity contribution in [1.82, 2.24) is 0 Å². The number of esters is 2. The number of benzene rings is 2. The molecule has 0 unspecified atom stereocenters. The molecule has 0 saturated heterocycles. The van der Waals surface area contributed by atoms with Gasteiger partial charge in [0.2, 0.25) is 5.90 Å². The van der Waals surface area contributed by atoms with E-state index in [9.17, 15) is 19.7 Å². The number of carbonyl (C=O) groups excluding carboxylic acids is 2. The zero-order valence-corrected chi connectivity index (χ0v) is 15.8. The first-order chi connectivity index (χ1) is 13.8. The largest absolute Gasteiger partial charge is 0.493 e. The number of aliphatic imine (C=N–C) groups is 1. The highest BCUT2D eigenvalue weighted by Crippen LogP contribution is 2.30. The van der Waals surface area contributed by atoms with Gasteiger partial charge in [-0.1, -0.05) is 12.1 Å². The Bertz CT molecular complexity index is 1090. The molecule has 0 aliphatic carbocycles. The maximum absolute atomic E-state index is 12.2. The number of nitrogens with zero attached hydrogens (tertiary/aromatic N) is 2. The van der Waals surface area contributed by atoms with Gasteiger partial charge in [0.25, 0.3) is 5.69 Å². The SMILES string of the molecule is COc1cc(/C=C2\N=C(c3cccc([N+](=O)[O-])c3C)OC2=O)ccc1OC(C)=O. The zero-order chi connectivity index (χ0) is 21.1. The van der Waals surface area contributed by atoms with Gasteiger partial charge in [-0.05, 0) is 36.8 Å². The highest BCUT2D eigenvalue weighted by Gasteiger charge is 2.27. The predicted octanol–water partition coefficient (Wildman–Crippen LogP) is 3.18. The number of rotatable bonds is 5. The maximum atomic E-state index is 12.2. The predicted molar refractivity (Wildman–Crippen MR) is 103 cm³/mol. The van der Waals surface area contributed by atoms with Crippen molar-refractivity contribution in [3.63, 3.8) is 0 Å². The highest BCUT2D eigenvalue weighted by molar-refractivity contribution is 6.13. The first-order valence-electron chi connectivity index (χ1n) is 8.43. The van der Waals surface area contributed by atoms with E-state index < -0.39 is 16.9 Å². The number of cyclic esters (lactones) is 1. The monoisotopic (exact) mass is 396 g/mol. The summed E-state index contributed by atoms with van der Waals surface area (Å²) in [4.78, 5) is 38.1. The topological polar surface area (TPSA) is 117 Å². The van der Waals surface area contributed by atoms with Gasteiger partial charge in [-0.15, -0.1) is 0 Å². The Balaban J connectivity index is 1.96. The number of ether oxygens (including phenoxy) is 3. The fourth-order valence-electron chi connectivity index (χ4n) is 2.75. The summed E-state index contributed by atoms with van der Waals surface area (Å²) in [5.74, 6) is -0.637. The fraction of sp³-hybridized carbons (Fsp3) is 0.150. The van der Waals surface area contributed by atoms with Crippen molar-refractivity contribution in [3.05, 3.63) is 68.9 Å². The maximum Gasteiger partial charge on any atom is 0.363 e. The zero-order valence-electron chi connectivity index (χ0n) is 15.8. The molecule has 0 aromatic heterocycles. The summed E-state index contributed by atoms with van der Waals surface area (Å²) in [5.41, 5.74) is 1.19. The van der Waals surface area contributed by atoms with Crippen molar-refractivity contribution in [2.45, 2.75) is 13.8 Å². The van der Waals surface area contributed by atoms with E-state index in [2.05, 4.69) is 4.99 Å². The lowest BCUT2D eigenvalue weighted by Gasteiger charge is -2.08. The van der Waals surface area contributed by atoms with Crippen molar-refractivity contribution >= 4 is 29.6 Å². The lowest BCUT2D eigenvalue weighted by molar-refractivity contribution is -0.385. The average molecular weight is 396 g/mol. The molecule has 0 amide bonds. The van der Waals surface area contributed by atoms with E-state index in [4.69, 9.17) is 14.2 Å². The minimum absolute atomic E-state index is 0.00838. The second-order valence-electron chi connectivity index (χ2n) is 6.05. The van der Waals surface area contributed by atoms with Crippen LogP contribution >= 0.6 is 0 Å². The van der Waals surface area contributed by atoms with Crippen molar-refractivity contribution < 1.29 is 28.7 Å². The second kappa shape index (κ2) is 7.93. The van der Waals surface area contributed by atoms with Gasteiger partial charge >= 0.3 is 11.9 Å². The van der Waals surface area contributed by atoms with E-state index in [1.54, 1.807) is 25.1 Å². The quantitative estimate of drug-likeness (QED) is 0.250. The van der Waals surface area contributed by atoms with Gasteiger partial charge in [-0.25, -0.2) is 9.79 Å². The van der Waals surface area contributed by atoms with Crippen LogP contribution < -0.4 is 9.47 Å². The molecule has 0 bridgehead atoms. The van der Waals surface area contributed by atoms with Gasteiger partial charge in [-0.2, -0.15) is 0 Å². The molecule has 29 heavy (non-hydrogen) atoms. The molecule has 0 spiro atoms. The van der Waals surface area contributed by atoms with Crippen LogP contribution in [0.15, 0.2) is 47.1 Å². The smallest absolute Gasteiger partial charge is 0.363 e. The van der Waals surface area contributed by atoms with Crippen LogP contribution in [0.25, 0.3) is 6.08 Å². The molecular formula is C20H16N2O7. The third-order valence-corrected chi connectivity index (χ3v) is 4.10. The summed E-state index contributed by atoms with van der Waals surface area (Å²) in [5, 5.41) is 11.1. The van der Waals surface area contributed by atoms with Crippen LogP contribution in [-0.2, 0) is 14.3 Å². The highest BCUT2D eigenvalue weighted by atomic mass is 16.6. The van der Waals surface area contributed by atoms with Crippen LogP contribution in [0.2, 0.25) is 0 Å². The molecule has 148 valence electrons. The first-order valence-corrected chi connectivity index (χ1v) is 8.43. The lowest BCUT2D eigenvalue weighted by atomic mass is 10.1. The average Bonchev–Trinajstić information content (AvgIpc) is 3.02. The van der Waals surface area contributed by atoms with Crippen molar-refractivity contribution in [3.8, 4) is 11.5 Å². The van der Waals surface area contributed by atoms with Gasteiger partial charge in [-0.3, -0.25) is 14.9 Å². The van der Waals surface area contributed by atoms with Gasteiger partial charge in [0.05, 0.1) is 12.0 Å². The molecular weight excluding hydrogens is 380 g/mol. The van der Waals surface area contributed by atoms with Crippen LogP contribution in [0.4, 0.5) is 5.69 Å². The van der Waals surface area contributed by atoms with E-state index >= 15 is 0 Å². The van der Waals surface area contributed by atoms with E-state index in [1.165, 1.54) is 38.3 Å². The Hall–Kier alpha value is -4.01. The summed E-state index contributed by atoms with van der Waals surface area (Å²) in [6, 6.07) is 9.18. The molecule has 1 aliphatic rings. The van der Waals surface area contributed by atoms with Crippen LogP contribution in [0.3, 0.4) is 0 Å². The third-order valence-electron chi connectivity index (χ3n) is 4.10. The molecule has 9 heteroatoms. The Morgan fingerprint density at radius 2 is 2.00 bits per heavy atom.